The second-order valence-electron chi connectivity index (χ2n) is 7.57. The summed E-state index contributed by atoms with van der Waals surface area (Å²) in [7, 11) is 0. The zero-order valence-corrected chi connectivity index (χ0v) is 14.2. The zero-order chi connectivity index (χ0) is 15.4. The number of fused-ring (bicyclic) bond motifs is 2. The predicted molar refractivity (Wildman–Crippen MR) is 97.1 cm³/mol. The van der Waals surface area contributed by atoms with E-state index >= 15 is 0 Å². The number of aryl methyl sites for hydroxylation is 1. The maximum atomic E-state index is 2.44. The Morgan fingerprint density at radius 3 is 2.32 bits per heavy atom. The molecule has 0 heterocycles. The average Bonchev–Trinajstić information content (AvgIpc) is 2.55. The van der Waals surface area contributed by atoms with Gasteiger partial charge in [-0.3, -0.25) is 0 Å². The molecule has 3 unspecified atom stereocenters. The fourth-order valence-corrected chi connectivity index (χ4v) is 4.42. The lowest BCUT2D eigenvalue weighted by Crippen LogP contribution is -2.26. The van der Waals surface area contributed by atoms with Gasteiger partial charge < -0.3 is 0 Å². The van der Waals surface area contributed by atoms with Crippen molar-refractivity contribution in [3.8, 4) is 0 Å². The molecule has 3 atom stereocenters. The molecule has 2 aliphatic carbocycles. The highest BCUT2D eigenvalue weighted by molar-refractivity contribution is 5.82. The molecule has 0 aliphatic heterocycles. The van der Waals surface area contributed by atoms with Crippen molar-refractivity contribution in [1.82, 2.24) is 0 Å². The third kappa shape index (κ3) is 3.91. The van der Waals surface area contributed by atoms with Crippen LogP contribution in [-0.2, 0) is 0 Å². The summed E-state index contributed by atoms with van der Waals surface area (Å²) in [6, 6.07) is 14.9. The van der Waals surface area contributed by atoms with Gasteiger partial charge in [-0.25, -0.2) is 0 Å². The lowest BCUT2D eigenvalue weighted by atomic mass is 9.68. The molecule has 2 fully saturated rings. The van der Waals surface area contributed by atoms with E-state index in [1.807, 2.05) is 0 Å². The van der Waals surface area contributed by atoms with Crippen LogP contribution < -0.4 is 0 Å². The fourth-order valence-electron chi connectivity index (χ4n) is 4.42. The van der Waals surface area contributed by atoms with Crippen LogP contribution in [0.3, 0.4) is 0 Å². The van der Waals surface area contributed by atoms with Crippen molar-refractivity contribution in [2.45, 2.75) is 58.8 Å². The average molecular weight is 294 g/mol. The third-order valence-corrected chi connectivity index (χ3v) is 5.71. The first-order chi connectivity index (χ1) is 10.7. The highest BCUT2D eigenvalue weighted by atomic mass is 14.4. The van der Waals surface area contributed by atoms with Gasteiger partial charge in [-0.05, 0) is 48.3 Å². The van der Waals surface area contributed by atoms with E-state index in [-0.39, 0.29) is 0 Å². The van der Waals surface area contributed by atoms with E-state index in [2.05, 4.69) is 56.3 Å². The first kappa shape index (κ1) is 15.6. The van der Waals surface area contributed by atoms with Crippen molar-refractivity contribution < 1.29 is 0 Å². The van der Waals surface area contributed by atoms with E-state index in [1.54, 1.807) is 25.7 Å². The van der Waals surface area contributed by atoms with Crippen LogP contribution in [0.5, 0.6) is 0 Å². The minimum atomic E-state index is 1.04. The van der Waals surface area contributed by atoms with E-state index in [9.17, 15) is 0 Å². The van der Waals surface area contributed by atoms with Crippen molar-refractivity contribution in [2.75, 3.05) is 0 Å². The van der Waals surface area contributed by atoms with Crippen molar-refractivity contribution in [1.29, 1.82) is 0 Å². The lowest BCUT2D eigenvalue weighted by Gasteiger charge is -2.38. The summed E-state index contributed by atoms with van der Waals surface area (Å²) < 4.78 is 0. The maximum absolute atomic E-state index is 2.44. The SMILES string of the molecule is CC1CCC2CCCCC2C1.Cc1ccc2ccccc2c1. The summed E-state index contributed by atoms with van der Waals surface area (Å²) in [5.41, 5.74) is 1.32. The Labute approximate surface area is 135 Å². The summed E-state index contributed by atoms with van der Waals surface area (Å²) in [6.45, 7) is 4.55. The van der Waals surface area contributed by atoms with Crippen LogP contribution in [0.25, 0.3) is 10.8 Å². The monoisotopic (exact) mass is 294 g/mol. The molecule has 0 nitrogen and oxygen atoms in total. The molecule has 0 amide bonds. The van der Waals surface area contributed by atoms with Gasteiger partial charge in [0.05, 0.1) is 0 Å². The lowest BCUT2D eigenvalue weighted by molar-refractivity contribution is 0.137. The Kier molecular flexibility index (Phi) is 5.18. The van der Waals surface area contributed by atoms with Crippen molar-refractivity contribution >= 4 is 10.8 Å². The molecule has 0 aromatic heterocycles. The van der Waals surface area contributed by atoms with Gasteiger partial charge in [-0.2, -0.15) is 0 Å². The van der Waals surface area contributed by atoms with Crippen molar-refractivity contribution in [2.24, 2.45) is 17.8 Å². The summed E-state index contributed by atoms with van der Waals surface area (Å²) in [5.74, 6) is 3.31. The predicted octanol–water partition coefficient (Wildman–Crippen LogP) is 6.76. The molecule has 0 bridgehead atoms. The molecule has 0 N–H and O–H groups in total. The number of benzene rings is 2. The van der Waals surface area contributed by atoms with Crippen LogP contribution in [0, 0.1) is 24.7 Å². The van der Waals surface area contributed by atoms with E-state index in [4.69, 9.17) is 0 Å². The second kappa shape index (κ2) is 7.31. The summed E-state index contributed by atoms with van der Waals surface area (Å²) in [5, 5.41) is 2.64. The van der Waals surface area contributed by atoms with Gasteiger partial charge in [0.15, 0.2) is 0 Å². The van der Waals surface area contributed by atoms with Crippen molar-refractivity contribution in [3.63, 3.8) is 0 Å². The summed E-state index contributed by atoms with van der Waals surface area (Å²) in [6.07, 6.45) is 10.8. The Hall–Kier alpha value is -1.30. The van der Waals surface area contributed by atoms with Crippen molar-refractivity contribution in [3.05, 3.63) is 48.0 Å². The zero-order valence-electron chi connectivity index (χ0n) is 14.2. The molecule has 2 aromatic rings. The molecule has 0 spiro atoms. The van der Waals surface area contributed by atoms with Crippen LogP contribution in [-0.4, -0.2) is 0 Å². The van der Waals surface area contributed by atoms with E-state index < -0.39 is 0 Å². The number of hydrogen-bond acceptors (Lipinski definition) is 0. The van der Waals surface area contributed by atoms with Gasteiger partial charge in [0.1, 0.15) is 0 Å². The first-order valence-corrected chi connectivity index (χ1v) is 9.18. The van der Waals surface area contributed by atoms with Crippen LogP contribution in [0.1, 0.15) is 57.4 Å². The first-order valence-electron chi connectivity index (χ1n) is 9.18. The minimum absolute atomic E-state index is 1.04. The topological polar surface area (TPSA) is 0 Å². The van der Waals surface area contributed by atoms with Gasteiger partial charge >= 0.3 is 0 Å². The number of rotatable bonds is 0. The Morgan fingerprint density at radius 1 is 0.773 bits per heavy atom. The molecular formula is C22H30. The quantitative estimate of drug-likeness (QED) is 0.503. The van der Waals surface area contributed by atoms with Gasteiger partial charge in [-0.15, -0.1) is 0 Å². The van der Waals surface area contributed by atoms with Crippen LogP contribution in [0.15, 0.2) is 42.5 Å². The molecule has 118 valence electrons. The standard InChI is InChI=1S/C11H20.C11H10/c2*1-9-6-7-10-4-2-3-5-11(10)8-9/h9-11H,2-8H2,1H3;2-8H,1H3. The molecular weight excluding hydrogens is 264 g/mol. The van der Waals surface area contributed by atoms with E-state index in [0.29, 0.717) is 0 Å². The van der Waals surface area contributed by atoms with E-state index in [0.717, 1.165) is 17.8 Å². The summed E-state index contributed by atoms with van der Waals surface area (Å²) in [4.78, 5) is 0. The van der Waals surface area contributed by atoms with Crippen LogP contribution >= 0.6 is 0 Å². The molecule has 0 heteroatoms. The van der Waals surface area contributed by atoms with E-state index in [1.165, 1.54) is 35.6 Å². The minimum Gasteiger partial charge on any atom is -0.0625 e. The van der Waals surface area contributed by atoms with Gasteiger partial charge in [-0.1, -0.05) is 87.1 Å². The van der Waals surface area contributed by atoms with Gasteiger partial charge in [0.2, 0.25) is 0 Å². The third-order valence-electron chi connectivity index (χ3n) is 5.71. The van der Waals surface area contributed by atoms with Crippen LogP contribution in [0.2, 0.25) is 0 Å². The molecule has 2 aliphatic rings. The van der Waals surface area contributed by atoms with Gasteiger partial charge in [0.25, 0.3) is 0 Å². The fraction of sp³-hybridized carbons (Fsp3) is 0.545. The van der Waals surface area contributed by atoms with Gasteiger partial charge in [0, 0.05) is 0 Å². The molecule has 0 radical (unpaired) electrons. The maximum Gasteiger partial charge on any atom is -0.0181 e. The van der Waals surface area contributed by atoms with Crippen LogP contribution in [0.4, 0.5) is 0 Å². The molecule has 4 rings (SSSR count). The largest absolute Gasteiger partial charge is 0.0625 e. The smallest absolute Gasteiger partial charge is 0.0181 e. The Morgan fingerprint density at radius 2 is 1.50 bits per heavy atom. The molecule has 0 saturated heterocycles. The highest BCUT2D eigenvalue weighted by Gasteiger charge is 2.29. The second-order valence-corrected chi connectivity index (χ2v) is 7.57. The molecule has 22 heavy (non-hydrogen) atoms. The molecule has 2 saturated carbocycles. The highest BCUT2D eigenvalue weighted by Crippen LogP contribution is 2.42. The Bertz CT molecular complexity index is 598. The molecule has 2 aromatic carbocycles. The summed E-state index contributed by atoms with van der Waals surface area (Å²) >= 11 is 0. The Balaban J connectivity index is 0.000000131. The number of hydrogen-bond donors (Lipinski definition) is 0. The normalized spacial score (nSPS) is 27.6.